The van der Waals surface area contributed by atoms with Crippen LogP contribution in [0.2, 0.25) is 0 Å². The maximum Gasteiger partial charge on any atom is 0.124 e. The van der Waals surface area contributed by atoms with Gasteiger partial charge in [-0.25, -0.2) is 0 Å². The zero-order valence-electron chi connectivity index (χ0n) is 9.09. The molecule has 0 aromatic heterocycles. The molecule has 0 spiro atoms. The Morgan fingerprint density at radius 1 is 1.53 bits per heavy atom. The summed E-state index contributed by atoms with van der Waals surface area (Å²) >= 11 is 3.42. The van der Waals surface area contributed by atoms with E-state index in [4.69, 9.17) is 10.6 Å². The number of rotatable bonds is 5. The SMILES string of the molecule is CCCC(NN)c1ccc(Br)cc1OC. The van der Waals surface area contributed by atoms with Crippen LogP contribution in [0.25, 0.3) is 0 Å². The molecule has 0 heterocycles. The first-order chi connectivity index (χ1) is 7.22. The van der Waals surface area contributed by atoms with E-state index in [0.29, 0.717) is 0 Å². The number of ether oxygens (including phenoxy) is 1. The summed E-state index contributed by atoms with van der Waals surface area (Å²) in [5.41, 5.74) is 3.92. The standard InChI is InChI=1S/C11H17BrN2O/c1-3-4-10(14-13)9-6-5-8(12)7-11(9)15-2/h5-7,10,14H,3-4,13H2,1-2H3. The van der Waals surface area contributed by atoms with Gasteiger partial charge in [-0.15, -0.1) is 0 Å². The Bertz CT molecular complexity index is 317. The number of halogens is 1. The lowest BCUT2D eigenvalue weighted by molar-refractivity contribution is 0.395. The second-order valence-corrected chi connectivity index (χ2v) is 4.31. The van der Waals surface area contributed by atoms with Crippen LogP contribution in [0.5, 0.6) is 5.75 Å². The van der Waals surface area contributed by atoms with E-state index in [9.17, 15) is 0 Å². The highest BCUT2D eigenvalue weighted by molar-refractivity contribution is 9.10. The molecule has 3 nitrogen and oxygen atoms in total. The number of hydrazine groups is 1. The van der Waals surface area contributed by atoms with Crippen LogP contribution in [-0.4, -0.2) is 7.11 Å². The number of methoxy groups -OCH3 is 1. The van der Waals surface area contributed by atoms with Gasteiger partial charge >= 0.3 is 0 Å². The zero-order valence-corrected chi connectivity index (χ0v) is 10.7. The van der Waals surface area contributed by atoms with Crippen molar-refractivity contribution in [1.82, 2.24) is 5.43 Å². The van der Waals surface area contributed by atoms with Crippen LogP contribution in [0.15, 0.2) is 22.7 Å². The fraction of sp³-hybridized carbons (Fsp3) is 0.455. The fourth-order valence-electron chi connectivity index (χ4n) is 1.59. The van der Waals surface area contributed by atoms with Crippen LogP contribution in [0.1, 0.15) is 31.4 Å². The van der Waals surface area contributed by atoms with Crippen LogP contribution < -0.4 is 16.0 Å². The van der Waals surface area contributed by atoms with Gasteiger partial charge in [0.05, 0.1) is 7.11 Å². The van der Waals surface area contributed by atoms with Crippen LogP contribution in [0.3, 0.4) is 0 Å². The van der Waals surface area contributed by atoms with Gasteiger partial charge in [-0.3, -0.25) is 11.3 Å². The molecule has 15 heavy (non-hydrogen) atoms. The molecular formula is C11H17BrN2O. The molecule has 1 aromatic rings. The van der Waals surface area contributed by atoms with E-state index >= 15 is 0 Å². The van der Waals surface area contributed by atoms with E-state index < -0.39 is 0 Å². The summed E-state index contributed by atoms with van der Waals surface area (Å²) in [4.78, 5) is 0. The van der Waals surface area contributed by atoms with Crippen molar-refractivity contribution < 1.29 is 4.74 Å². The molecule has 1 atom stereocenters. The highest BCUT2D eigenvalue weighted by Gasteiger charge is 2.13. The molecule has 0 saturated heterocycles. The Morgan fingerprint density at radius 3 is 2.80 bits per heavy atom. The molecule has 0 saturated carbocycles. The highest BCUT2D eigenvalue weighted by atomic mass is 79.9. The van der Waals surface area contributed by atoms with E-state index in [0.717, 1.165) is 28.6 Å². The Kier molecular flexibility index (Phi) is 5.08. The van der Waals surface area contributed by atoms with Crippen molar-refractivity contribution in [1.29, 1.82) is 0 Å². The van der Waals surface area contributed by atoms with Gasteiger partial charge in [-0.2, -0.15) is 0 Å². The van der Waals surface area contributed by atoms with E-state index in [1.807, 2.05) is 18.2 Å². The Balaban J connectivity index is 2.99. The monoisotopic (exact) mass is 272 g/mol. The summed E-state index contributed by atoms with van der Waals surface area (Å²) in [5.74, 6) is 6.40. The van der Waals surface area contributed by atoms with Gasteiger partial charge in [0.1, 0.15) is 5.75 Å². The minimum Gasteiger partial charge on any atom is -0.496 e. The maximum atomic E-state index is 5.54. The summed E-state index contributed by atoms with van der Waals surface area (Å²) in [6.07, 6.45) is 2.07. The number of nitrogens with two attached hydrogens (primary N) is 1. The van der Waals surface area contributed by atoms with Gasteiger partial charge in [0.2, 0.25) is 0 Å². The lowest BCUT2D eigenvalue weighted by Crippen LogP contribution is -2.28. The molecule has 1 rings (SSSR count). The van der Waals surface area contributed by atoms with Crippen LogP contribution >= 0.6 is 15.9 Å². The molecule has 0 aliphatic heterocycles. The molecule has 3 N–H and O–H groups in total. The van der Waals surface area contributed by atoms with Crippen molar-refractivity contribution in [2.45, 2.75) is 25.8 Å². The van der Waals surface area contributed by atoms with Crippen molar-refractivity contribution in [2.24, 2.45) is 5.84 Å². The predicted octanol–water partition coefficient (Wildman–Crippen LogP) is 2.76. The normalized spacial score (nSPS) is 12.5. The maximum absolute atomic E-state index is 5.54. The first kappa shape index (κ1) is 12.5. The molecule has 0 aliphatic rings. The molecule has 1 unspecified atom stereocenters. The van der Waals surface area contributed by atoms with Gasteiger partial charge in [0.25, 0.3) is 0 Å². The number of hydrogen-bond acceptors (Lipinski definition) is 3. The van der Waals surface area contributed by atoms with Gasteiger partial charge in [-0.1, -0.05) is 35.3 Å². The van der Waals surface area contributed by atoms with E-state index in [2.05, 4.69) is 28.3 Å². The third-order valence-corrected chi connectivity index (χ3v) is 2.84. The zero-order chi connectivity index (χ0) is 11.3. The number of hydrogen-bond donors (Lipinski definition) is 2. The fourth-order valence-corrected chi connectivity index (χ4v) is 1.93. The molecule has 0 bridgehead atoms. The van der Waals surface area contributed by atoms with Crippen LogP contribution in [-0.2, 0) is 0 Å². The number of nitrogens with one attached hydrogen (secondary N) is 1. The summed E-state index contributed by atoms with van der Waals surface area (Å²) in [7, 11) is 1.67. The summed E-state index contributed by atoms with van der Waals surface area (Å²) < 4.78 is 6.34. The average molecular weight is 273 g/mol. The summed E-state index contributed by atoms with van der Waals surface area (Å²) in [6, 6.07) is 6.13. The summed E-state index contributed by atoms with van der Waals surface area (Å²) in [6.45, 7) is 2.13. The molecule has 0 fully saturated rings. The van der Waals surface area contributed by atoms with Gasteiger partial charge in [-0.05, 0) is 18.6 Å². The highest BCUT2D eigenvalue weighted by Crippen LogP contribution is 2.30. The van der Waals surface area contributed by atoms with Gasteiger partial charge < -0.3 is 4.74 Å². The molecule has 84 valence electrons. The Morgan fingerprint density at radius 2 is 2.27 bits per heavy atom. The van der Waals surface area contributed by atoms with E-state index in [1.54, 1.807) is 7.11 Å². The largest absolute Gasteiger partial charge is 0.496 e. The van der Waals surface area contributed by atoms with Crippen molar-refractivity contribution in [3.8, 4) is 5.75 Å². The van der Waals surface area contributed by atoms with Crippen LogP contribution in [0, 0.1) is 0 Å². The van der Waals surface area contributed by atoms with Crippen molar-refractivity contribution in [3.05, 3.63) is 28.2 Å². The third kappa shape index (κ3) is 3.19. The first-order valence-corrected chi connectivity index (χ1v) is 5.81. The summed E-state index contributed by atoms with van der Waals surface area (Å²) in [5, 5.41) is 0. The average Bonchev–Trinajstić information content (AvgIpc) is 2.26. The van der Waals surface area contributed by atoms with E-state index in [-0.39, 0.29) is 6.04 Å². The topological polar surface area (TPSA) is 47.3 Å². The first-order valence-electron chi connectivity index (χ1n) is 5.02. The lowest BCUT2D eigenvalue weighted by Gasteiger charge is -2.18. The van der Waals surface area contributed by atoms with Crippen LogP contribution in [0.4, 0.5) is 0 Å². The third-order valence-electron chi connectivity index (χ3n) is 2.35. The smallest absolute Gasteiger partial charge is 0.124 e. The van der Waals surface area contributed by atoms with Gasteiger partial charge in [0.15, 0.2) is 0 Å². The molecule has 0 amide bonds. The Hall–Kier alpha value is -0.580. The minimum atomic E-state index is 0.151. The molecular weight excluding hydrogens is 256 g/mol. The second kappa shape index (κ2) is 6.10. The second-order valence-electron chi connectivity index (χ2n) is 3.39. The van der Waals surface area contributed by atoms with Crippen molar-refractivity contribution in [2.75, 3.05) is 7.11 Å². The molecule has 1 aromatic carbocycles. The van der Waals surface area contributed by atoms with Gasteiger partial charge in [0, 0.05) is 16.1 Å². The van der Waals surface area contributed by atoms with Crippen molar-refractivity contribution >= 4 is 15.9 Å². The lowest BCUT2D eigenvalue weighted by atomic mass is 10.0. The predicted molar refractivity (Wildman–Crippen MR) is 65.7 cm³/mol. The molecule has 4 heteroatoms. The number of benzene rings is 1. The molecule has 0 radical (unpaired) electrons. The minimum absolute atomic E-state index is 0.151. The Labute approximate surface area is 99.1 Å². The molecule has 0 aliphatic carbocycles. The van der Waals surface area contributed by atoms with Crippen molar-refractivity contribution in [3.63, 3.8) is 0 Å². The van der Waals surface area contributed by atoms with E-state index in [1.165, 1.54) is 0 Å². The quantitative estimate of drug-likeness (QED) is 0.640.